The number of anilines is 1. The lowest BCUT2D eigenvalue weighted by Crippen LogP contribution is -2.51. The lowest BCUT2D eigenvalue weighted by atomic mass is 10.1. The highest BCUT2D eigenvalue weighted by Gasteiger charge is 2.23. The maximum atomic E-state index is 14.4. The largest absolute Gasteiger partial charge is 0.492 e. The Kier molecular flexibility index (Phi) is 7.41. The van der Waals surface area contributed by atoms with E-state index < -0.39 is 5.82 Å². The number of nitrogens with zero attached hydrogens (tertiary/aromatic N) is 3. The minimum Gasteiger partial charge on any atom is -0.492 e. The Morgan fingerprint density at radius 3 is 2.40 bits per heavy atom. The van der Waals surface area contributed by atoms with Gasteiger partial charge in [-0.15, -0.1) is 0 Å². The number of carbonyl (C=O) groups is 2. The van der Waals surface area contributed by atoms with Gasteiger partial charge in [0.15, 0.2) is 5.78 Å². The molecule has 0 aromatic heterocycles. The van der Waals surface area contributed by atoms with Gasteiger partial charge in [-0.05, 0) is 44.3 Å². The molecular weight excluding hydrogens is 385 g/mol. The summed E-state index contributed by atoms with van der Waals surface area (Å²) in [5.41, 5.74) is 0.839. The molecule has 2 aromatic rings. The van der Waals surface area contributed by atoms with Crippen molar-refractivity contribution in [3.05, 3.63) is 59.9 Å². The highest BCUT2D eigenvalue weighted by molar-refractivity contribution is 5.94. The summed E-state index contributed by atoms with van der Waals surface area (Å²) < 4.78 is 20.0. The lowest BCUT2D eigenvalue weighted by Gasteiger charge is -2.37. The monoisotopic (exact) mass is 413 g/mol. The molecule has 0 saturated carbocycles. The highest BCUT2D eigenvalue weighted by atomic mass is 19.1. The fourth-order valence-electron chi connectivity index (χ4n) is 3.43. The van der Waals surface area contributed by atoms with Crippen molar-refractivity contribution in [3.8, 4) is 5.75 Å². The molecule has 0 bridgehead atoms. The topological polar surface area (TPSA) is 53.1 Å². The minimum absolute atomic E-state index is 0.0595. The van der Waals surface area contributed by atoms with Crippen LogP contribution < -0.4 is 9.64 Å². The second-order valence-corrected chi connectivity index (χ2v) is 7.49. The third-order valence-corrected chi connectivity index (χ3v) is 5.22. The highest BCUT2D eigenvalue weighted by Crippen LogP contribution is 2.22. The molecule has 1 amide bonds. The molecule has 0 atom stereocenters. The number of ether oxygens (including phenoxy) is 1. The van der Waals surface area contributed by atoms with Crippen molar-refractivity contribution in [2.45, 2.75) is 6.92 Å². The standard InChI is InChI=1S/C23H28FN3O3/c1-18(28)19-8-9-22(21(24)16-19)26-10-12-27(13-11-26)23(29)17-25(2)14-15-30-20-6-4-3-5-7-20/h3-9,16H,10-15,17H2,1-2H3. The Morgan fingerprint density at radius 2 is 1.77 bits per heavy atom. The van der Waals surface area contributed by atoms with Crippen LogP contribution in [0.15, 0.2) is 48.5 Å². The van der Waals surface area contributed by atoms with Crippen molar-refractivity contribution in [2.75, 3.05) is 57.8 Å². The number of ketones is 1. The molecule has 160 valence electrons. The van der Waals surface area contributed by atoms with Crippen molar-refractivity contribution in [2.24, 2.45) is 0 Å². The van der Waals surface area contributed by atoms with Crippen LogP contribution in [0.1, 0.15) is 17.3 Å². The Morgan fingerprint density at radius 1 is 1.07 bits per heavy atom. The molecular formula is C23H28FN3O3. The number of piperazine rings is 1. The van der Waals surface area contributed by atoms with E-state index in [4.69, 9.17) is 4.74 Å². The number of amides is 1. The normalized spacial score (nSPS) is 14.1. The predicted molar refractivity (Wildman–Crippen MR) is 115 cm³/mol. The van der Waals surface area contributed by atoms with Gasteiger partial charge in [0.1, 0.15) is 18.2 Å². The van der Waals surface area contributed by atoms with Gasteiger partial charge in [0.05, 0.1) is 12.2 Å². The number of halogens is 1. The van der Waals surface area contributed by atoms with E-state index in [1.165, 1.54) is 13.0 Å². The predicted octanol–water partition coefficient (Wildman–Crippen LogP) is 2.69. The summed E-state index contributed by atoms with van der Waals surface area (Å²) in [4.78, 5) is 29.6. The van der Waals surface area contributed by atoms with Crippen LogP contribution in [0.3, 0.4) is 0 Å². The van der Waals surface area contributed by atoms with E-state index in [1.54, 1.807) is 12.1 Å². The summed E-state index contributed by atoms with van der Waals surface area (Å²) in [7, 11) is 1.90. The van der Waals surface area contributed by atoms with Crippen LogP contribution in [0.5, 0.6) is 5.75 Å². The van der Waals surface area contributed by atoms with Gasteiger partial charge in [-0.3, -0.25) is 14.5 Å². The molecule has 0 N–H and O–H groups in total. The smallest absolute Gasteiger partial charge is 0.236 e. The molecule has 3 rings (SSSR count). The number of carbonyl (C=O) groups excluding carboxylic acids is 2. The third kappa shape index (κ3) is 5.79. The maximum absolute atomic E-state index is 14.4. The molecule has 6 nitrogen and oxygen atoms in total. The van der Waals surface area contributed by atoms with Gasteiger partial charge in [-0.2, -0.15) is 0 Å². The summed E-state index contributed by atoms with van der Waals surface area (Å²) in [5, 5.41) is 0. The third-order valence-electron chi connectivity index (χ3n) is 5.22. The van der Waals surface area contributed by atoms with Crippen molar-refractivity contribution >= 4 is 17.4 Å². The molecule has 1 aliphatic heterocycles. The van der Waals surface area contributed by atoms with Crippen LogP contribution in [0.25, 0.3) is 0 Å². The molecule has 0 radical (unpaired) electrons. The second kappa shape index (κ2) is 10.2. The van der Waals surface area contributed by atoms with Crippen LogP contribution in [0.4, 0.5) is 10.1 Å². The van der Waals surface area contributed by atoms with E-state index in [2.05, 4.69) is 0 Å². The zero-order valence-electron chi connectivity index (χ0n) is 17.5. The van der Waals surface area contributed by atoms with E-state index in [1.807, 2.05) is 52.1 Å². The first-order valence-corrected chi connectivity index (χ1v) is 10.1. The van der Waals surface area contributed by atoms with Gasteiger partial charge in [0, 0.05) is 38.3 Å². The number of benzene rings is 2. The van der Waals surface area contributed by atoms with Gasteiger partial charge in [0.25, 0.3) is 0 Å². The Balaban J connectivity index is 1.43. The van der Waals surface area contributed by atoms with Gasteiger partial charge in [0.2, 0.25) is 5.91 Å². The van der Waals surface area contributed by atoms with E-state index in [9.17, 15) is 14.0 Å². The van der Waals surface area contributed by atoms with Crippen LogP contribution in [-0.4, -0.2) is 74.4 Å². The lowest BCUT2D eigenvalue weighted by molar-refractivity contribution is -0.132. The van der Waals surface area contributed by atoms with Gasteiger partial charge < -0.3 is 14.5 Å². The molecule has 1 aliphatic rings. The van der Waals surface area contributed by atoms with Crippen molar-refractivity contribution in [1.29, 1.82) is 0 Å². The zero-order chi connectivity index (χ0) is 21.5. The van der Waals surface area contributed by atoms with Crippen LogP contribution >= 0.6 is 0 Å². The number of hydrogen-bond acceptors (Lipinski definition) is 5. The number of rotatable bonds is 8. The maximum Gasteiger partial charge on any atom is 0.236 e. The average Bonchev–Trinajstić information content (AvgIpc) is 2.74. The molecule has 30 heavy (non-hydrogen) atoms. The number of hydrogen-bond donors (Lipinski definition) is 0. The van der Waals surface area contributed by atoms with Crippen molar-refractivity contribution in [3.63, 3.8) is 0 Å². The molecule has 1 fully saturated rings. The second-order valence-electron chi connectivity index (χ2n) is 7.49. The number of Topliss-reactive ketones (excluding diaryl/α,β-unsaturated/α-hetero) is 1. The molecule has 0 spiro atoms. The van der Waals surface area contributed by atoms with Crippen LogP contribution in [-0.2, 0) is 4.79 Å². The number of likely N-dealkylation sites (N-methyl/N-ethyl adjacent to an activating group) is 1. The van der Waals surface area contributed by atoms with E-state index in [-0.39, 0.29) is 11.7 Å². The first kappa shape index (κ1) is 21.8. The molecule has 0 unspecified atom stereocenters. The Labute approximate surface area is 176 Å². The van der Waals surface area contributed by atoms with Gasteiger partial charge in [-0.25, -0.2) is 4.39 Å². The van der Waals surface area contributed by atoms with Crippen molar-refractivity contribution < 1.29 is 18.7 Å². The molecule has 1 heterocycles. The summed E-state index contributed by atoms with van der Waals surface area (Å²) >= 11 is 0. The van der Waals surface area contributed by atoms with E-state index in [0.717, 1.165) is 5.75 Å². The number of para-hydroxylation sites is 1. The quantitative estimate of drug-likeness (QED) is 0.623. The van der Waals surface area contributed by atoms with E-state index >= 15 is 0 Å². The first-order chi connectivity index (χ1) is 14.4. The molecule has 0 aliphatic carbocycles. The summed E-state index contributed by atoms with van der Waals surface area (Å²) in [6, 6.07) is 14.2. The first-order valence-electron chi connectivity index (χ1n) is 10.1. The summed E-state index contributed by atoms with van der Waals surface area (Å²) in [5.74, 6) is 0.316. The summed E-state index contributed by atoms with van der Waals surface area (Å²) in [6.07, 6.45) is 0. The molecule has 2 aromatic carbocycles. The Bertz CT molecular complexity index is 867. The zero-order valence-corrected chi connectivity index (χ0v) is 17.5. The SMILES string of the molecule is CC(=O)c1ccc(N2CCN(C(=O)CN(C)CCOc3ccccc3)CC2)c(F)c1. The fourth-order valence-corrected chi connectivity index (χ4v) is 3.43. The fraction of sp³-hybridized carbons (Fsp3) is 0.391. The van der Waals surface area contributed by atoms with E-state index in [0.29, 0.717) is 57.1 Å². The molecule has 1 saturated heterocycles. The molecule has 7 heteroatoms. The van der Waals surface area contributed by atoms with Crippen molar-refractivity contribution in [1.82, 2.24) is 9.80 Å². The van der Waals surface area contributed by atoms with Gasteiger partial charge in [-0.1, -0.05) is 18.2 Å². The van der Waals surface area contributed by atoms with Gasteiger partial charge >= 0.3 is 0 Å². The Hall–Kier alpha value is -2.93. The van der Waals surface area contributed by atoms with Crippen LogP contribution in [0.2, 0.25) is 0 Å². The van der Waals surface area contributed by atoms with Crippen LogP contribution in [0, 0.1) is 5.82 Å². The average molecular weight is 413 g/mol. The summed E-state index contributed by atoms with van der Waals surface area (Å²) in [6.45, 7) is 5.10. The minimum atomic E-state index is -0.402.